The van der Waals surface area contributed by atoms with Gasteiger partial charge in [0.1, 0.15) is 0 Å². The van der Waals surface area contributed by atoms with Crippen LogP contribution in [0.15, 0.2) is 62.7 Å². The Morgan fingerprint density at radius 2 is 1.87 bits per heavy atom. The van der Waals surface area contributed by atoms with Crippen LogP contribution >= 0.6 is 23.4 Å². The number of aromatic nitrogens is 4. The molecule has 0 saturated carbocycles. The number of nitrogens with one attached hydrogen (secondary N) is 1. The number of halogens is 1. The number of amides is 1. The van der Waals surface area contributed by atoms with Crippen LogP contribution in [-0.4, -0.2) is 26.2 Å². The zero-order chi connectivity index (χ0) is 21.6. The predicted octanol–water partition coefficient (Wildman–Crippen LogP) is 4.95. The van der Waals surface area contributed by atoms with Crippen LogP contribution < -0.4 is 5.32 Å². The van der Waals surface area contributed by atoms with E-state index in [0.717, 1.165) is 11.1 Å². The summed E-state index contributed by atoms with van der Waals surface area (Å²) < 4.78 is 10.9. The summed E-state index contributed by atoms with van der Waals surface area (Å²) in [5.74, 6) is 1.62. The summed E-state index contributed by atoms with van der Waals surface area (Å²) in [6.07, 6.45) is 0.566. The third kappa shape index (κ3) is 5.93. The second-order valence-corrected chi connectivity index (χ2v) is 8.05. The lowest BCUT2D eigenvalue weighted by Crippen LogP contribution is -2.12. The summed E-state index contributed by atoms with van der Waals surface area (Å²) in [6.45, 7) is 2.02. The molecule has 1 N–H and O–H groups in total. The van der Waals surface area contributed by atoms with Crippen LogP contribution in [0, 0.1) is 6.92 Å². The first kappa shape index (κ1) is 21.1. The Labute approximate surface area is 187 Å². The molecule has 4 rings (SSSR count). The quantitative estimate of drug-likeness (QED) is 0.372. The fraction of sp³-hybridized carbons (Fsp3) is 0.190. The zero-order valence-electron chi connectivity index (χ0n) is 16.5. The molecule has 2 aromatic heterocycles. The van der Waals surface area contributed by atoms with Crippen molar-refractivity contribution in [1.82, 2.24) is 20.3 Å². The largest absolute Gasteiger partial charge is 0.411 e. The average molecular weight is 456 g/mol. The van der Waals surface area contributed by atoms with Crippen LogP contribution in [0.25, 0.3) is 11.5 Å². The monoisotopic (exact) mass is 455 g/mol. The van der Waals surface area contributed by atoms with Crippen molar-refractivity contribution < 1.29 is 13.7 Å². The van der Waals surface area contributed by atoms with Crippen LogP contribution in [0.3, 0.4) is 0 Å². The van der Waals surface area contributed by atoms with Gasteiger partial charge < -0.3 is 14.3 Å². The molecule has 2 aromatic carbocycles. The van der Waals surface area contributed by atoms with Crippen LogP contribution in [0.4, 0.5) is 5.69 Å². The number of rotatable bonds is 8. The van der Waals surface area contributed by atoms with Gasteiger partial charge in [0.2, 0.25) is 17.7 Å². The number of carbonyl (C=O) groups is 1. The van der Waals surface area contributed by atoms with E-state index < -0.39 is 0 Å². The number of benzene rings is 2. The van der Waals surface area contributed by atoms with E-state index in [4.69, 9.17) is 20.5 Å². The third-order valence-corrected chi connectivity index (χ3v) is 5.30. The van der Waals surface area contributed by atoms with Crippen LogP contribution in [0.1, 0.15) is 23.7 Å². The maximum atomic E-state index is 12.1. The summed E-state index contributed by atoms with van der Waals surface area (Å²) in [7, 11) is 0. The molecule has 0 atom stereocenters. The molecule has 0 aliphatic rings. The summed E-state index contributed by atoms with van der Waals surface area (Å²) >= 11 is 7.15. The summed E-state index contributed by atoms with van der Waals surface area (Å²) in [4.78, 5) is 16.4. The molecule has 0 fully saturated rings. The Bertz CT molecular complexity index is 1160. The Balaban J connectivity index is 1.25. The average Bonchev–Trinajstić information content (AvgIpc) is 3.42. The molecule has 0 radical (unpaired) electrons. The Hall–Kier alpha value is -3.17. The van der Waals surface area contributed by atoms with Gasteiger partial charge in [-0.2, -0.15) is 4.98 Å². The van der Waals surface area contributed by atoms with E-state index in [1.807, 2.05) is 31.2 Å². The number of nitrogens with zero attached hydrogens (tertiary/aromatic N) is 4. The number of hydrogen-bond donors (Lipinski definition) is 1. The first-order valence-corrected chi connectivity index (χ1v) is 10.8. The SMILES string of the molecule is Cc1ccc(-c2nnc(SCc3noc(CCC(=O)Nc4ccc(Cl)cc4)n3)o2)cc1. The molecule has 0 spiro atoms. The van der Waals surface area contributed by atoms with E-state index in [0.29, 0.717) is 45.7 Å². The van der Waals surface area contributed by atoms with Crippen molar-refractivity contribution in [2.75, 3.05) is 5.32 Å². The number of aryl methyl sites for hydroxylation is 2. The maximum Gasteiger partial charge on any atom is 0.277 e. The molecule has 0 aliphatic carbocycles. The maximum absolute atomic E-state index is 12.1. The summed E-state index contributed by atoms with van der Waals surface area (Å²) in [5, 5.41) is 15.9. The summed E-state index contributed by atoms with van der Waals surface area (Å²) in [6, 6.07) is 14.8. The van der Waals surface area contributed by atoms with Crippen molar-refractivity contribution in [1.29, 1.82) is 0 Å². The Morgan fingerprint density at radius 1 is 1.10 bits per heavy atom. The first-order chi connectivity index (χ1) is 15.0. The summed E-state index contributed by atoms with van der Waals surface area (Å²) in [5.41, 5.74) is 2.71. The zero-order valence-corrected chi connectivity index (χ0v) is 18.1. The minimum atomic E-state index is -0.147. The van der Waals surface area contributed by atoms with Crippen molar-refractivity contribution in [2.24, 2.45) is 0 Å². The normalized spacial score (nSPS) is 10.9. The van der Waals surface area contributed by atoms with Gasteiger partial charge in [-0.05, 0) is 43.3 Å². The van der Waals surface area contributed by atoms with Gasteiger partial charge in [0.15, 0.2) is 5.82 Å². The van der Waals surface area contributed by atoms with Gasteiger partial charge in [-0.15, -0.1) is 10.2 Å². The first-order valence-electron chi connectivity index (χ1n) is 9.45. The van der Waals surface area contributed by atoms with Crippen LogP contribution in [-0.2, 0) is 17.0 Å². The van der Waals surface area contributed by atoms with Gasteiger partial charge in [-0.3, -0.25) is 4.79 Å². The number of thioether (sulfide) groups is 1. The molecule has 10 heteroatoms. The van der Waals surface area contributed by atoms with Gasteiger partial charge in [0, 0.05) is 29.1 Å². The Morgan fingerprint density at radius 3 is 2.65 bits per heavy atom. The highest BCUT2D eigenvalue weighted by atomic mass is 35.5. The highest BCUT2D eigenvalue weighted by molar-refractivity contribution is 7.98. The molecule has 2 heterocycles. The van der Waals surface area contributed by atoms with E-state index in [2.05, 4.69) is 25.7 Å². The van der Waals surface area contributed by atoms with Gasteiger partial charge >= 0.3 is 0 Å². The highest BCUT2D eigenvalue weighted by Gasteiger charge is 2.13. The van der Waals surface area contributed by atoms with Crippen molar-refractivity contribution in [2.45, 2.75) is 30.7 Å². The molecule has 0 aliphatic heterocycles. The number of anilines is 1. The van der Waals surface area contributed by atoms with E-state index in [-0.39, 0.29) is 12.3 Å². The molecule has 0 bridgehead atoms. The fourth-order valence-corrected chi connectivity index (χ4v) is 3.37. The van der Waals surface area contributed by atoms with Crippen molar-refractivity contribution >= 4 is 35.0 Å². The number of carbonyl (C=O) groups excluding carboxylic acids is 1. The Kier molecular flexibility index (Phi) is 6.63. The lowest BCUT2D eigenvalue weighted by Gasteiger charge is -2.03. The van der Waals surface area contributed by atoms with Crippen LogP contribution in [0.2, 0.25) is 5.02 Å². The standard InChI is InChI=1S/C21H18ClN5O3S/c1-13-2-4-14(5-3-13)20-25-26-21(29-20)31-12-17-24-19(30-27-17)11-10-18(28)23-16-8-6-15(22)7-9-16/h2-9H,10-12H2,1H3,(H,23,28). The topological polar surface area (TPSA) is 107 Å². The van der Waals surface area contributed by atoms with Gasteiger partial charge in [-0.25, -0.2) is 0 Å². The van der Waals surface area contributed by atoms with Gasteiger partial charge in [0.05, 0.1) is 5.75 Å². The molecule has 0 saturated heterocycles. The van der Waals surface area contributed by atoms with Gasteiger partial charge in [0.25, 0.3) is 5.22 Å². The minimum absolute atomic E-state index is 0.147. The van der Waals surface area contributed by atoms with E-state index in [1.165, 1.54) is 11.8 Å². The molecule has 4 aromatic rings. The molecule has 8 nitrogen and oxygen atoms in total. The van der Waals surface area contributed by atoms with Crippen molar-refractivity contribution in [3.63, 3.8) is 0 Å². The molecular weight excluding hydrogens is 438 g/mol. The fourth-order valence-electron chi connectivity index (χ4n) is 2.63. The molecular formula is C21H18ClN5O3S. The van der Waals surface area contributed by atoms with E-state index in [1.54, 1.807) is 24.3 Å². The third-order valence-electron chi connectivity index (χ3n) is 4.23. The van der Waals surface area contributed by atoms with Gasteiger partial charge in [-0.1, -0.05) is 46.2 Å². The second-order valence-electron chi connectivity index (χ2n) is 6.69. The lowest BCUT2D eigenvalue weighted by atomic mass is 10.1. The predicted molar refractivity (Wildman–Crippen MR) is 117 cm³/mol. The molecule has 1 amide bonds. The van der Waals surface area contributed by atoms with E-state index in [9.17, 15) is 4.79 Å². The number of hydrogen-bond acceptors (Lipinski definition) is 8. The van der Waals surface area contributed by atoms with Crippen molar-refractivity contribution in [3.8, 4) is 11.5 Å². The highest BCUT2D eigenvalue weighted by Crippen LogP contribution is 2.25. The minimum Gasteiger partial charge on any atom is -0.411 e. The second kappa shape index (κ2) is 9.76. The van der Waals surface area contributed by atoms with E-state index >= 15 is 0 Å². The van der Waals surface area contributed by atoms with Crippen molar-refractivity contribution in [3.05, 3.63) is 70.8 Å². The lowest BCUT2D eigenvalue weighted by molar-refractivity contribution is -0.116. The van der Waals surface area contributed by atoms with Crippen LogP contribution in [0.5, 0.6) is 0 Å². The molecule has 31 heavy (non-hydrogen) atoms. The molecule has 158 valence electrons. The molecule has 0 unspecified atom stereocenters. The smallest absolute Gasteiger partial charge is 0.277 e.